The van der Waals surface area contributed by atoms with Gasteiger partial charge in [-0.05, 0) is 24.1 Å². The quantitative estimate of drug-likeness (QED) is 0.617. The van der Waals surface area contributed by atoms with Gasteiger partial charge in [0, 0.05) is 12.7 Å². The van der Waals surface area contributed by atoms with Crippen molar-refractivity contribution in [1.29, 1.82) is 0 Å². The number of amides is 1. The molecule has 2 rings (SSSR count). The van der Waals surface area contributed by atoms with Crippen LogP contribution >= 0.6 is 0 Å². The molecule has 76 valence electrons. The van der Waals surface area contributed by atoms with Crippen LogP contribution in [0.4, 0.5) is 5.69 Å². The van der Waals surface area contributed by atoms with Gasteiger partial charge in [-0.15, -0.1) is 0 Å². The first-order chi connectivity index (χ1) is 6.70. The van der Waals surface area contributed by atoms with E-state index in [4.69, 9.17) is 0 Å². The van der Waals surface area contributed by atoms with Crippen molar-refractivity contribution in [2.24, 2.45) is 0 Å². The molecule has 1 aromatic carbocycles. The Bertz CT molecular complexity index is 344. The second-order valence-corrected chi connectivity index (χ2v) is 3.20. The largest absolute Gasteiger partial charge is 0.315 e. The lowest BCUT2D eigenvalue weighted by Gasteiger charge is -2.09. The third kappa shape index (κ3) is 1.65. The molecule has 0 aromatic heterocycles. The topological polar surface area (TPSA) is 20.3 Å². The van der Waals surface area contributed by atoms with Gasteiger partial charge in [0.15, 0.2) is 0 Å². The van der Waals surface area contributed by atoms with Crippen LogP contribution in [0.15, 0.2) is 18.2 Å². The zero-order valence-electron chi connectivity index (χ0n) is 9.29. The summed E-state index contributed by atoms with van der Waals surface area (Å²) in [5.74, 6) is 0.194. The lowest BCUT2D eigenvalue weighted by molar-refractivity contribution is -0.117. The van der Waals surface area contributed by atoms with Gasteiger partial charge in [-0.2, -0.15) is 0 Å². The number of carbonyl (C=O) groups is 1. The number of fused-ring (bicyclic) bond motifs is 1. The van der Waals surface area contributed by atoms with Crippen molar-refractivity contribution in [3.8, 4) is 0 Å². The van der Waals surface area contributed by atoms with Crippen molar-refractivity contribution >= 4 is 11.6 Å². The van der Waals surface area contributed by atoms with Crippen LogP contribution in [0.25, 0.3) is 0 Å². The average molecular weight is 191 g/mol. The van der Waals surface area contributed by atoms with E-state index in [2.05, 4.69) is 0 Å². The molecule has 0 saturated heterocycles. The summed E-state index contributed by atoms with van der Waals surface area (Å²) in [5, 5.41) is 0. The van der Waals surface area contributed by atoms with Gasteiger partial charge < -0.3 is 4.90 Å². The maximum absolute atomic E-state index is 11.3. The van der Waals surface area contributed by atoms with Gasteiger partial charge in [0.2, 0.25) is 5.91 Å². The Labute approximate surface area is 85.5 Å². The van der Waals surface area contributed by atoms with E-state index in [-0.39, 0.29) is 5.91 Å². The van der Waals surface area contributed by atoms with E-state index in [9.17, 15) is 4.79 Å². The van der Waals surface area contributed by atoms with E-state index in [0.717, 1.165) is 5.69 Å². The summed E-state index contributed by atoms with van der Waals surface area (Å²) in [7, 11) is 1.83. The van der Waals surface area contributed by atoms with E-state index >= 15 is 0 Å². The van der Waals surface area contributed by atoms with Crippen LogP contribution in [0, 0.1) is 6.92 Å². The minimum atomic E-state index is 0.194. The second kappa shape index (κ2) is 4.27. The van der Waals surface area contributed by atoms with Crippen LogP contribution in [0.1, 0.15) is 25.0 Å². The summed E-state index contributed by atoms with van der Waals surface area (Å²) < 4.78 is 0. The molecule has 0 saturated carbocycles. The maximum Gasteiger partial charge on any atom is 0.231 e. The zero-order chi connectivity index (χ0) is 10.7. The van der Waals surface area contributed by atoms with Gasteiger partial charge >= 0.3 is 0 Å². The number of anilines is 1. The number of benzene rings is 1. The van der Waals surface area contributed by atoms with Crippen LogP contribution in [0.3, 0.4) is 0 Å². The molecule has 1 heterocycles. The van der Waals surface area contributed by atoms with Crippen LogP contribution in [-0.2, 0) is 11.2 Å². The Kier molecular flexibility index (Phi) is 3.28. The summed E-state index contributed by atoms with van der Waals surface area (Å²) in [5.41, 5.74) is 3.47. The lowest BCUT2D eigenvalue weighted by Crippen LogP contribution is -2.20. The van der Waals surface area contributed by atoms with Gasteiger partial charge in [0.05, 0.1) is 6.42 Å². The molecule has 0 aliphatic carbocycles. The predicted octanol–water partition coefficient (Wildman–Crippen LogP) is 2.54. The number of rotatable bonds is 0. The van der Waals surface area contributed by atoms with Crippen molar-refractivity contribution in [1.82, 2.24) is 0 Å². The van der Waals surface area contributed by atoms with Crippen molar-refractivity contribution < 1.29 is 4.79 Å². The molecule has 0 radical (unpaired) electrons. The molecule has 1 aliphatic heterocycles. The van der Waals surface area contributed by atoms with Crippen LogP contribution in [0.2, 0.25) is 0 Å². The highest BCUT2D eigenvalue weighted by molar-refractivity contribution is 6.01. The van der Waals surface area contributed by atoms with Crippen molar-refractivity contribution in [3.05, 3.63) is 29.3 Å². The van der Waals surface area contributed by atoms with Gasteiger partial charge in [-0.25, -0.2) is 0 Å². The molecule has 1 aliphatic rings. The van der Waals surface area contributed by atoms with Crippen molar-refractivity contribution in [2.75, 3.05) is 11.9 Å². The molecule has 14 heavy (non-hydrogen) atoms. The fourth-order valence-electron chi connectivity index (χ4n) is 1.64. The number of carbonyl (C=O) groups excluding carboxylic acids is 1. The molecular formula is C12H17NO. The monoisotopic (exact) mass is 191 g/mol. The predicted molar refractivity (Wildman–Crippen MR) is 59.6 cm³/mol. The van der Waals surface area contributed by atoms with E-state index in [1.54, 1.807) is 4.90 Å². The number of aryl methyl sites for hydroxylation is 1. The van der Waals surface area contributed by atoms with Crippen molar-refractivity contribution in [3.63, 3.8) is 0 Å². The Morgan fingerprint density at radius 2 is 1.93 bits per heavy atom. The normalized spacial score (nSPS) is 13.4. The summed E-state index contributed by atoms with van der Waals surface area (Å²) in [6, 6.07) is 6.03. The van der Waals surface area contributed by atoms with Gasteiger partial charge in [0.25, 0.3) is 0 Å². The molecule has 0 bridgehead atoms. The molecule has 0 N–H and O–H groups in total. The van der Waals surface area contributed by atoms with E-state index in [1.165, 1.54) is 11.1 Å². The molecule has 0 unspecified atom stereocenters. The van der Waals surface area contributed by atoms with Gasteiger partial charge in [-0.1, -0.05) is 26.0 Å². The highest BCUT2D eigenvalue weighted by Gasteiger charge is 2.24. The highest BCUT2D eigenvalue weighted by Crippen LogP contribution is 2.29. The first kappa shape index (κ1) is 10.8. The van der Waals surface area contributed by atoms with Crippen LogP contribution < -0.4 is 4.90 Å². The fraction of sp³-hybridized carbons (Fsp3) is 0.417. The average Bonchev–Trinajstić information content (AvgIpc) is 2.50. The van der Waals surface area contributed by atoms with Gasteiger partial charge in [0.1, 0.15) is 0 Å². The van der Waals surface area contributed by atoms with E-state index in [0.29, 0.717) is 6.42 Å². The Balaban J connectivity index is 0.000000461. The second-order valence-electron chi connectivity index (χ2n) is 3.20. The fourth-order valence-corrected chi connectivity index (χ4v) is 1.64. The number of nitrogens with zero attached hydrogens (tertiary/aromatic N) is 1. The van der Waals surface area contributed by atoms with Crippen molar-refractivity contribution in [2.45, 2.75) is 27.2 Å². The minimum absolute atomic E-state index is 0.194. The molecule has 1 amide bonds. The summed E-state index contributed by atoms with van der Waals surface area (Å²) in [6.45, 7) is 6.05. The molecule has 0 fully saturated rings. The summed E-state index contributed by atoms with van der Waals surface area (Å²) in [6.07, 6.45) is 0.568. The lowest BCUT2D eigenvalue weighted by atomic mass is 10.1. The Morgan fingerprint density at radius 1 is 1.29 bits per heavy atom. The minimum Gasteiger partial charge on any atom is -0.315 e. The van der Waals surface area contributed by atoms with Crippen LogP contribution in [-0.4, -0.2) is 13.0 Å². The molecular weight excluding hydrogens is 174 g/mol. The zero-order valence-corrected chi connectivity index (χ0v) is 9.29. The number of hydrogen-bond donors (Lipinski definition) is 0. The molecule has 2 heteroatoms. The standard InChI is InChI=1S/C10H11NO.C2H6/c1-7-4-3-5-9-8(7)6-10(12)11(9)2;1-2/h3-5H,6H2,1-2H3;1-2H3. The SMILES string of the molecule is CC.Cc1cccc2c1CC(=O)N2C. The van der Waals surface area contributed by atoms with Crippen LogP contribution in [0.5, 0.6) is 0 Å². The summed E-state index contributed by atoms with van der Waals surface area (Å²) >= 11 is 0. The molecule has 0 atom stereocenters. The summed E-state index contributed by atoms with van der Waals surface area (Å²) in [4.78, 5) is 13.0. The maximum atomic E-state index is 11.3. The Morgan fingerprint density at radius 3 is 2.50 bits per heavy atom. The molecule has 1 aromatic rings. The first-order valence-electron chi connectivity index (χ1n) is 5.05. The smallest absolute Gasteiger partial charge is 0.231 e. The van der Waals surface area contributed by atoms with E-state index in [1.807, 2.05) is 46.0 Å². The van der Waals surface area contributed by atoms with E-state index < -0.39 is 0 Å². The third-order valence-electron chi connectivity index (χ3n) is 2.45. The molecule has 2 nitrogen and oxygen atoms in total. The Hall–Kier alpha value is -1.31. The van der Waals surface area contributed by atoms with Gasteiger partial charge in [-0.3, -0.25) is 4.79 Å². The molecule has 0 spiro atoms. The first-order valence-corrected chi connectivity index (χ1v) is 5.05. The highest BCUT2D eigenvalue weighted by atomic mass is 16.2. The number of hydrogen-bond acceptors (Lipinski definition) is 1. The third-order valence-corrected chi connectivity index (χ3v) is 2.45. The number of likely N-dealkylation sites (N-methyl/N-ethyl adjacent to an activating group) is 1.